The Bertz CT molecular complexity index is 935. The van der Waals surface area contributed by atoms with Crippen molar-refractivity contribution in [1.29, 1.82) is 0 Å². The first-order valence-electron chi connectivity index (χ1n) is 8.24. The van der Waals surface area contributed by atoms with Gasteiger partial charge in [-0.3, -0.25) is 10.3 Å². The molecule has 138 valence electrons. The van der Waals surface area contributed by atoms with E-state index in [-0.39, 0.29) is 0 Å². The molecule has 0 atom stereocenters. The van der Waals surface area contributed by atoms with Gasteiger partial charge in [-0.2, -0.15) is 5.10 Å². The smallest absolute Gasteiger partial charge is 0.138 e. The summed E-state index contributed by atoms with van der Waals surface area (Å²) in [7, 11) is 0. The second kappa shape index (κ2) is 9.37. The van der Waals surface area contributed by atoms with Crippen LogP contribution in [0, 0.1) is 0 Å². The van der Waals surface area contributed by atoms with E-state index in [9.17, 15) is 0 Å². The molecule has 0 unspecified atom stereocenters. The molecule has 0 bridgehead atoms. The molecule has 2 aromatic carbocycles. The van der Waals surface area contributed by atoms with E-state index >= 15 is 0 Å². The summed E-state index contributed by atoms with van der Waals surface area (Å²) in [5, 5.41) is 5.52. The lowest BCUT2D eigenvalue weighted by molar-refractivity contribution is 0.0519. The summed E-state index contributed by atoms with van der Waals surface area (Å²) in [5.74, 6) is 0. The van der Waals surface area contributed by atoms with Crippen molar-refractivity contribution in [3.63, 3.8) is 0 Å². The molecule has 0 radical (unpaired) electrons. The molecule has 0 aliphatic carbocycles. The molecule has 27 heavy (non-hydrogen) atoms. The third kappa shape index (κ3) is 5.44. The molecule has 0 aliphatic heterocycles. The number of halogens is 2. The number of hydroxylamine groups is 1. The van der Waals surface area contributed by atoms with Crippen LogP contribution in [0.2, 0.25) is 10.0 Å². The highest BCUT2D eigenvalue weighted by molar-refractivity contribution is 6.31. The average Bonchev–Trinajstić information content (AvgIpc) is 3.21. The molecule has 0 spiro atoms. The summed E-state index contributed by atoms with van der Waals surface area (Å²) >= 11 is 12.1. The molecule has 0 saturated heterocycles. The zero-order valence-electron chi connectivity index (χ0n) is 14.6. The van der Waals surface area contributed by atoms with Gasteiger partial charge >= 0.3 is 0 Å². The summed E-state index contributed by atoms with van der Waals surface area (Å²) in [6, 6.07) is 15.1. The van der Waals surface area contributed by atoms with E-state index in [1.807, 2.05) is 67.6 Å². The predicted octanol–water partition coefficient (Wildman–Crippen LogP) is 5.21. The Balaban J connectivity index is 1.77. The van der Waals surface area contributed by atoms with Crippen molar-refractivity contribution < 1.29 is 4.84 Å². The molecule has 3 rings (SSSR count). The van der Waals surface area contributed by atoms with Crippen LogP contribution < -0.4 is 5.48 Å². The molecule has 1 N–H and O–H groups in total. The van der Waals surface area contributed by atoms with E-state index in [0.717, 1.165) is 22.5 Å². The lowest BCUT2D eigenvalue weighted by Crippen LogP contribution is -2.16. The largest absolute Gasteiger partial charge is 0.271 e. The lowest BCUT2D eigenvalue weighted by atomic mass is 10.2. The van der Waals surface area contributed by atoms with Crippen molar-refractivity contribution in [2.45, 2.75) is 13.5 Å². The van der Waals surface area contributed by atoms with Crippen LogP contribution in [0.5, 0.6) is 0 Å². The second-order valence-electron chi connectivity index (χ2n) is 5.71. The lowest BCUT2D eigenvalue weighted by Gasteiger charge is -2.12. The van der Waals surface area contributed by atoms with E-state index in [4.69, 9.17) is 28.0 Å². The van der Waals surface area contributed by atoms with E-state index in [1.165, 1.54) is 6.33 Å². The minimum atomic E-state index is 0.322. The van der Waals surface area contributed by atoms with Gasteiger partial charge in [0.15, 0.2) is 0 Å². The van der Waals surface area contributed by atoms with E-state index in [0.29, 0.717) is 16.7 Å². The summed E-state index contributed by atoms with van der Waals surface area (Å²) < 4.78 is 1.66. The van der Waals surface area contributed by atoms with E-state index in [2.05, 4.69) is 15.6 Å². The Morgan fingerprint density at radius 1 is 1.15 bits per heavy atom. The topological polar surface area (TPSA) is 52.0 Å². The Morgan fingerprint density at radius 2 is 1.93 bits per heavy atom. The van der Waals surface area contributed by atoms with Crippen LogP contribution in [0.25, 0.3) is 11.8 Å². The van der Waals surface area contributed by atoms with Crippen LogP contribution in [0.1, 0.15) is 18.1 Å². The monoisotopic (exact) mass is 400 g/mol. The van der Waals surface area contributed by atoms with Crippen LogP contribution in [-0.2, 0) is 11.4 Å². The second-order valence-corrected chi connectivity index (χ2v) is 6.55. The SMILES string of the molecule is CC(=C(C=Cc1ccc(Cl)cc1)NOCc1ccccc1Cl)n1cncn1. The summed E-state index contributed by atoms with van der Waals surface area (Å²) in [4.78, 5) is 9.65. The molecule has 5 nitrogen and oxygen atoms in total. The standard InChI is InChI=1S/C20H18Cl2N4O/c1-15(26-14-23-13-24-26)20(11-8-16-6-9-18(21)10-7-16)25-27-12-17-4-2-3-5-19(17)22/h2-11,13-14,25H,12H2,1H3. The number of hydrogen-bond donors (Lipinski definition) is 1. The third-order valence-corrected chi connectivity index (χ3v) is 4.45. The van der Waals surface area contributed by atoms with Crippen molar-refractivity contribution in [3.8, 4) is 0 Å². The van der Waals surface area contributed by atoms with Gasteiger partial charge < -0.3 is 0 Å². The van der Waals surface area contributed by atoms with Gasteiger partial charge in [-0.1, -0.05) is 59.6 Å². The van der Waals surface area contributed by atoms with Gasteiger partial charge in [0.1, 0.15) is 19.3 Å². The third-order valence-electron chi connectivity index (χ3n) is 3.83. The first-order chi connectivity index (χ1) is 13.1. The fourth-order valence-corrected chi connectivity index (χ4v) is 2.61. The molecule has 1 heterocycles. The van der Waals surface area contributed by atoms with Crippen molar-refractivity contribution in [2.24, 2.45) is 0 Å². The van der Waals surface area contributed by atoms with E-state index in [1.54, 1.807) is 11.0 Å². The number of rotatable bonds is 7. The fourth-order valence-electron chi connectivity index (χ4n) is 2.29. The first-order valence-corrected chi connectivity index (χ1v) is 9.00. The number of hydrogen-bond acceptors (Lipinski definition) is 4. The zero-order valence-corrected chi connectivity index (χ0v) is 16.2. The van der Waals surface area contributed by atoms with Gasteiger partial charge in [0.05, 0.1) is 11.4 Å². The highest BCUT2D eigenvalue weighted by Gasteiger charge is 2.05. The summed E-state index contributed by atoms with van der Waals surface area (Å²) in [6.45, 7) is 2.24. The molecular formula is C20H18Cl2N4O. The zero-order chi connectivity index (χ0) is 19.1. The maximum absolute atomic E-state index is 6.17. The van der Waals surface area contributed by atoms with Gasteiger partial charge in [0.2, 0.25) is 0 Å². The average molecular weight is 401 g/mol. The Labute approximate surface area is 167 Å². The molecule has 0 fully saturated rings. The van der Waals surface area contributed by atoms with Crippen LogP contribution in [0.3, 0.4) is 0 Å². The van der Waals surface area contributed by atoms with Gasteiger partial charge in [0.25, 0.3) is 0 Å². The van der Waals surface area contributed by atoms with Crippen molar-refractivity contribution in [1.82, 2.24) is 20.2 Å². The van der Waals surface area contributed by atoms with Crippen LogP contribution in [0.4, 0.5) is 0 Å². The van der Waals surface area contributed by atoms with E-state index < -0.39 is 0 Å². The highest BCUT2D eigenvalue weighted by atomic mass is 35.5. The molecule has 0 saturated carbocycles. The highest BCUT2D eigenvalue weighted by Crippen LogP contribution is 2.17. The molecule has 1 aromatic heterocycles. The first kappa shape index (κ1) is 19.2. The molecule has 7 heteroatoms. The number of benzene rings is 2. The van der Waals surface area contributed by atoms with Gasteiger partial charge in [-0.15, -0.1) is 0 Å². The Kier molecular flexibility index (Phi) is 6.65. The Hall–Kier alpha value is -2.60. The van der Waals surface area contributed by atoms with Gasteiger partial charge in [-0.25, -0.2) is 9.67 Å². The van der Waals surface area contributed by atoms with Gasteiger partial charge in [0, 0.05) is 10.0 Å². The number of aromatic nitrogens is 3. The minimum Gasteiger partial charge on any atom is -0.271 e. The fraction of sp³-hybridized carbons (Fsp3) is 0.100. The Morgan fingerprint density at radius 3 is 2.63 bits per heavy atom. The van der Waals surface area contributed by atoms with Crippen LogP contribution in [-0.4, -0.2) is 14.8 Å². The molecule has 0 aliphatic rings. The minimum absolute atomic E-state index is 0.322. The number of allylic oxidation sites excluding steroid dienone is 2. The summed E-state index contributed by atoms with van der Waals surface area (Å²) in [6.07, 6.45) is 6.97. The normalized spacial score (nSPS) is 12.3. The number of nitrogens with zero attached hydrogens (tertiary/aromatic N) is 3. The molecular weight excluding hydrogens is 383 g/mol. The molecule has 0 amide bonds. The number of nitrogens with one attached hydrogen (secondary N) is 1. The maximum atomic E-state index is 6.17. The van der Waals surface area contributed by atoms with Crippen LogP contribution in [0.15, 0.2) is 73.0 Å². The molecule has 3 aromatic rings. The van der Waals surface area contributed by atoms with Crippen molar-refractivity contribution >= 4 is 35.0 Å². The summed E-state index contributed by atoms with van der Waals surface area (Å²) in [5.41, 5.74) is 6.46. The van der Waals surface area contributed by atoms with Gasteiger partial charge in [-0.05, 0) is 42.3 Å². The van der Waals surface area contributed by atoms with Crippen molar-refractivity contribution in [3.05, 3.63) is 94.1 Å². The van der Waals surface area contributed by atoms with Crippen molar-refractivity contribution in [2.75, 3.05) is 0 Å². The quantitative estimate of drug-likeness (QED) is 0.436. The maximum Gasteiger partial charge on any atom is 0.138 e. The predicted molar refractivity (Wildman–Crippen MR) is 109 cm³/mol. The van der Waals surface area contributed by atoms with Crippen LogP contribution >= 0.6 is 23.2 Å².